The second kappa shape index (κ2) is 10.5. The maximum absolute atomic E-state index is 6.25. The molecule has 2 N–H and O–H groups in total. The van der Waals surface area contributed by atoms with Crippen molar-refractivity contribution < 1.29 is 14.2 Å². The second-order valence-corrected chi connectivity index (χ2v) is 6.29. The highest BCUT2D eigenvalue weighted by Crippen LogP contribution is 2.25. The van der Waals surface area contributed by atoms with Gasteiger partial charge in [0.1, 0.15) is 0 Å². The summed E-state index contributed by atoms with van der Waals surface area (Å²) in [5.41, 5.74) is 6.27. The molecule has 0 amide bonds. The molecular weight excluding hydrogens is 268 g/mol. The number of likely N-dealkylation sites (tertiary alicyclic amines) is 1. The fourth-order valence-corrected chi connectivity index (χ4v) is 2.29. The molecule has 0 saturated carbocycles. The van der Waals surface area contributed by atoms with Crippen molar-refractivity contribution in [3.05, 3.63) is 0 Å². The molecule has 0 aliphatic carbocycles. The van der Waals surface area contributed by atoms with Crippen LogP contribution in [-0.4, -0.2) is 69.7 Å². The summed E-state index contributed by atoms with van der Waals surface area (Å²) >= 11 is 0. The molecular formula is C16H34N2O3. The maximum atomic E-state index is 6.25. The third-order valence-electron chi connectivity index (χ3n) is 4.12. The second-order valence-electron chi connectivity index (χ2n) is 6.29. The molecule has 0 atom stereocenters. The minimum absolute atomic E-state index is 0.0148. The number of hydrogen-bond acceptors (Lipinski definition) is 5. The zero-order chi connectivity index (χ0) is 15.6. The van der Waals surface area contributed by atoms with Gasteiger partial charge in [0.25, 0.3) is 0 Å². The Hall–Kier alpha value is -0.200. The summed E-state index contributed by atoms with van der Waals surface area (Å²) in [6.07, 6.45) is 2.30. The number of ether oxygens (including phenoxy) is 3. The molecule has 5 nitrogen and oxygen atoms in total. The lowest BCUT2D eigenvalue weighted by Crippen LogP contribution is -2.70. The van der Waals surface area contributed by atoms with Crippen molar-refractivity contribution in [3.63, 3.8) is 0 Å². The van der Waals surface area contributed by atoms with Crippen LogP contribution in [0.2, 0.25) is 0 Å². The van der Waals surface area contributed by atoms with Crippen LogP contribution in [0.25, 0.3) is 0 Å². The third-order valence-corrected chi connectivity index (χ3v) is 4.12. The van der Waals surface area contributed by atoms with Crippen molar-refractivity contribution in [1.82, 2.24) is 4.90 Å². The summed E-state index contributed by atoms with van der Waals surface area (Å²) in [6, 6.07) is 0. The summed E-state index contributed by atoms with van der Waals surface area (Å²) in [7, 11) is 0. The largest absolute Gasteiger partial charge is 0.379 e. The fourth-order valence-electron chi connectivity index (χ4n) is 2.29. The van der Waals surface area contributed by atoms with Crippen molar-refractivity contribution >= 4 is 0 Å². The van der Waals surface area contributed by atoms with Gasteiger partial charge in [-0.25, -0.2) is 0 Å². The average Bonchev–Trinajstić information content (AvgIpc) is 2.42. The highest BCUT2D eigenvalue weighted by Gasteiger charge is 2.41. The Labute approximate surface area is 130 Å². The first-order valence-corrected chi connectivity index (χ1v) is 8.33. The van der Waals surface area contributed by atoms with E-state index in [1.54, 1.807) is 0 Å². The Bertz CT molecular complexity index is 256. The minimum atomic E-state index is 0.0148. The van der Waals surface area contributed by atoms with E-state index >= 15 is 0 Å². The molecule has 0 spiro atoms. The van der Waals surface area contributed by atoms with E-state index in [4.69, 9.17) is 19.9 Å². The Morgan fingerprint density at radius 2 is 1.48 bits per heavy atom. The fraction of sp³-hybridized carbons (Fsp3) is 1.00. The lowest BCUT2D eigenvalue weighted by molar-refractivity contribution is -0.0105. The molecule has 1 fully saturated rings. The summed E-state index contributed by atoms with van der Waals surface area (Å²) in [5.74, 6) is 0.544. The van der Waals surface area contributed by atoms with Gasteiger partial charge in [-0.3, -0.25) is 4.90 Å². The molecule has 1 aliphatic heterocycles. The molecule has 0 unspecified atom stereocenters. The lowest BCUT2D eigenvalue weighted by Gasteiger charge is -2.50. The zero-order valence-electron chi connectivity index (χ0n) is 14.1. The van der Waals surface area contributed by atoms with Crippen LogP contribution >= 0.6 is 0 Å². The molecule has 21 heavy (non-hydrogen) atoms. The first-order chi connectivity index (χ1) is 10.1. The third kappa shape index (κ3) is 7.56. The van der Waals surface area contributed by atoms with E-state index < -0.39 is 0 Å². The summed E-state index contributed by atoms with van der Waals surface area (Å²) in [5, 5.41) is 0. The zero-order valence-corrected chi connectivity index (χ0v) is 14.1. The summed E-state index contributed by atoms with van der Waals surface area (Å²) in [4.78, 5) is 2.35. The quantitative estimate of drug-likeness (QED) is 0.523. The van der Waals surface area contributed by atoms with Gasteiger partial charge < -0.3 is 19.9 Å². The van der Waals surface area contributed by atoms with Gasteiger partial charge in [-0.05, 0) is 12.3 Å². The van der Waals surface area contributed by atoms with Crippen LogP contribution in [0.5, 0.6) is 0 Å². The van der Waals surface area contributed by atoms with E-state index in [0.717, 1.165) is 39.3 Å². The highest BCUT2D eigenvalue weighted by atomic mass is 16.5. The van der Waals surface area contributed by atoms with E-state index in [9.17, 15) is 0 Å². The molecule has 1 aliphatic rings. The van der Waals surface area contributed by atoms with Gasteiger partial charge in [-0.15, -0.1) is 0 Å². The van der Waals surface area contributed by atoms with Crippen LogP contribution < -0.4 is 5.73 Å². The number of rotatable bonds is 13. The van der Waals surface area contributed by atoms with Crippen LogP contribution in [-0.2, 0) is 14.2 Å². The summed E-state index contributed by atoms with van der Waals surface area (Å²) in [6.45, 7) is 13.7. The van der Waals surface area contributed by atoms with Crippen molar-refractivity contribution in [3.8, 4) is 0 Å². The van der Waals surface area contributed by atoms with Crippen molar-refractivity contribution in [2.24, 2.45) is 11.7 Å². The van der Waals surface area contributed by atoms with Crippen molar-refractivity contribution in [2.75, 3.05) is 59.3 Å². The molecule has 5 heteroatoms. The molecule has 0 aromatic carbocycles. The predicted octanol–water partition coefficient (Wildman–Crippen LogP) is 1.51. The van der Waals surface area contributed by atoms with Crippen LogP contribution in [0.3, 0.4) is 0 Å². The maximum Gasteiger partial charge on any atom is 0.0701 e. The molecule has 1 heterocycles. The number of unbranched alkanes of at least 4 members (excludes halogenated alkanes) is 1. The lowest BCUT2D eigenvalue weighted by atomic mass is 9.80. The Morgan fingerprint density at radius 1 is 0.952 bits per heavy atom. The van der Waals surface area contributed by atoms with E-state index in [0.29, 0.717) is 32.3 Å². The smallest absolute Gasteiger partial charge is 0.0701 e. The first kappa shape index (κ1) is 18.8. The molecule has 0 bridgehead atoms. The van der Waals surface area contributed by atoms with E-state index in [-0.39, 0.29) is 5.54 Å². The topological polar surface area (TPSA) is 57.0 Å². The average molecular weight is 302 g/mol. The Kier molecular flexibility index (Phi) is 9.44. The van der Waals surface area contributed by atoms with Crippen LogP contribution in [0.4, 0.5) is 0 Å². The molecule has 1 saturated heterocycles. The van der Waals surface area contributed by atoms with Gasteiger partial charge in [0.2, 0.25) is 0 Å². The predicted molar refractivity (Wildman–Crippen MR) is 85.6 cm³/mol. The Balaban J connectivity index is 1.78. The number of nitrogens with two attached hydrogens (primary N) is 1. The van der Waals surface area contributed by atoms with Gasteiger partial charge in [0.05, 0.1) is 33.0 Å². The van der Waals surface area contributed by atoms with Crippen LogP contribution in [0.15, 0.2) is 0 Å². The van der Waals surface area contributed by atoms with Gasteiger partial charge >= 0.3 is 0 Å². The standard InChI is InChI=1S/C16H34N2O3/c1-4-5-7-19-9-11-21-12-10-20-8-6-18-13-16(17,14-18)15(2)3/h15H,4-14,17H2,1-3H3. The molecule has 1 rings (SSSR count). The number of hydrogen-bond donors (Lipinski definition) is 1. The highest BCUT2D eigenvalue weighted by molar-refractivity contribution is 5.01. The van der Waals surface area contributed by atoms with Gasteiger partial charge in [-0.2, -0.15) is 0 Å². The van der Waals surface area contributed by atoms with E-state index in [1.165, 1.54) is 6.42 Å². The molecule has 0 aromatic rings. The summed E-state index contributed by atoms with van der Waals surface area (Å²) < 4.78 is 16.4. The molecule has 0 radical (unpaired) electrons. The van der Waals surface area contributed by atoms with E-state index in [2.05, 4.69) is 25.7 Å². The minimum Gasteiger partial charge on any atom is -0.379 e. The van der Waals surface area contributed by atoms with Gasteiger partial charge in [0.15, 0.2) is 0 Å². The van der Waals surface area contributed by atoms with Crippen LogP contribution in [0, 0.1) is 5.92 Å². The number of nitrogens with zero attached hydrogens (tertiary/aromatic N) is 1. The first-order valence-electron chi connectivity index (χ1n) is 8.33. The van der Waals surface area contributed by atoms with Crippen LogP contribution in [0.1, 0.15) is 33.6 Å². The van der Waals surface area contributed by atoms with Gasteiger partial charge in [-0.1, -0.05) is 27.2 Å². The van der Waals surface area contributed by atoms with Gasteiger partial charge in [0, 0.05) is 31.8 Å². The SMILES string of the molecule is CCCCOCCOCCOCCN1CC(N)(C(C)C)C1. The van der Waals surface area contributed by atoms with E-state index in [1.807, 2.05) is 0 Å². The van der Waals surface area contributed by atoms with Crippen molar-refractivity contribution in [1.29, 1.82) is 0 Å². The Morgan fingerprint density at radius 3 is 2.00 bits per heavy atom. The van der Waals surface area contributed by atoms with Crippen molar-refractivity contribution in [2.45, 2.75) is 39.2 Å². The molecule has 0 aromatic heterocycles. The monoisotopic (exact) mass is 302 g/mol. The normalized spacial score (nSPS) is 18.1. The molecule has 126 valence electrons.